The second kappa shape index (κ2) is 10.3. The third-order valence-corrected chi connectivity index (χ3v) is 9.07. The highest BCUT2D eigenvalue weighted by Crippen LogP contribution is 2.45. The Bertz CT molecular complexity index is 1440. The van der Waals surface area contributed by atoms with E-state index in [2.05, 4.69) is 39.0 Å². The summed E-state index contributed by atoms with van der Waals surface area (Å²) >= 11 is 0. The summed E-state index contributed by atoms with van der Waals surface area (Å²) in [5, 5.41) is 21.7. The molecule has 6 heteroatoms. The fraction of sp³-hybridized carbons (Fsp3) is 0.455. The van der Waals surface area contributed by atoms with Gasteiger partial charge in [0.15, 0.2) is 0 Å². The molecule has 0 radical (unpaired) electrons. The number of alkyl halides is 4. The second-order valence-corrected chi connectivity index (χ2v) is 11.9. The van der Waals surface area contributed by atoms with Gasteiger partial charge in [-0.1, -0.05) is 51.1 Å². The predicted molar refractivity (Wildman–Crippen MR) is 146 cm³/mol. The SMILES string of the molecule is CCC(C)(C)c1ccc2cc(C#N)c(C#N)c(-c3cc(C4CC(F)C(F)C4)cc(C4CC(F)C(F)C4)c3)c2c1. The zero-order valence-corrected chi connectivity index (χ0v) is 22.4. The monoisotopic (exact) mass is 532 g/mol. The fourth-order valence-electron chi connectivity index (χ4n) is 6.23. The van der Waals surface area contributed by atoms with Crippen molar-refractivity contribution in [1.29, 1.82) is 10.5 Å². The van der Waals surface area contributed by atoms with Gasteiger partial charge in [0.2, 0.25) is 0 Å². The van der Waals surface area contributed by atoms with E-state index in [1.807, 2.05) is 30.3 Å². The van der Waals surface area contributed by atoms with E-state index in [9.17, 15) is 28.1 Å². The van der Waals surface area contributed by atoms with Gasteiger partial charge in [0.05, 0.1) is 11.1 Å². The van der Waals surface area contributed by atoms with Gasteiger partial charge < -0.3 is 0 Å². The zero-order chi connectivity index (χ0) is 28.1. The van der Waals surface area contributed by atoms with Crippen molar-refractivity contribution in [3.8, 4) is 23.3 Å². The molecule has 0 bridgehead atoms. The molecule has 2 saturated carbocycles. The average Bonchev–Trinajstić information content (AvgIpc) is 3.46. The Morgan fingerprint density at radius 1 is 0.769 bits per heavy atom. The summed E-state index contributed by atoms with van der Waals surface area (Å²) in [7, 11) is 0. The van der Waals surface area contributed by atoms with Gasteiger partial charge in [-0.25, -0.2) is 17.6 Å². The number of benzene rings is 3. The predicted octanol–water partition coefficient (Wildman–Crippen LogP) is 9.04. The quantitative estimate of drug-likeness (QED) is 0.308. The van der Waals surface area contributed by atoms with Crippen LogP contribution < -0.4 is 0 Å². The van der Waals surface area contributed by atoms with Crippen LogP contribution in [0.4, 0.5) is 17.6 Å². The van der Waals surface area contributed by atoms with Crippen molar-refractivity contribution >= 4 is 10.8 Å². The van der Waals surface area contributed by atoms with E-state index in [-0.39, 0.29) is 54.1 Å². The van der Waals surface area contributed by atoms with E-state index >= 15 is 0 Å². The number of nitriles is 2. The molecule has 2 nitrogen and oxygen atoms in total. The minimum atomic E-state index is -1.56. The summed E-state index contributed by atoms with van der Waals surface area (Å²) in [6.07, 6.45) is -5.22. The molecule has 202 valence electrons. The van der Waals surface area contributed by atoms with Crippen molar-refractivity contribution in [2.24, 2.45) is 0 Å². The van der Waals surface area contributed by atoms with E-state index in [0.717, 1.165) is 22.8 Å². The summed E-state index contributed by atoms with van der Waals surface area (Å²) in [5.74, 6) is -0.772. The summed E-state index contributed by atoms with van der Waals surface area (Å²) in [6.45, 7) is 6.39. The third kappa shape index (κ3) is 4.91. The van der Waals surface area contributed by atoms with E-state index in [4.69, 9.17) is 0 Å². The molecule has 2 aliphatic rings. The van der Waals surface area contributed by atoms with Crippen LogP contribution in [0.15, 0.2) is 42.5 Å². The lowest BCUT2D eigenvalue weighted by Gasteiger charge is -2.25. The van der Waals surface area contributed by atoms with Crippen molar-refractivity contribution < 1.29 is 17.6 Å². The van der Waals surface area contributed by atoms with Crippen molar-refractivity contribution in [2.45, 2.75) is 94.8 Å². The van der Waals surface area contributed by atoms with Crippen LogP contribution in [0.3, 0.4) is 0 Å². The first-order valence-corrected chi connectivity index (χ1v) is 13.7. The molecule has 0 heterocycles. The van der Waals surface area contributed by atoms with Gasteiger partial charge in [0.1, 0.15) is 36.8 Å². The van der Waals surface area contributed by atoms with Gasteiger partial charge in [-0.15, -0.1) is 0 Å². The molecule has 3 aromatic rings. The number of fused-ring (bicyclic) bond motifs is 1. The molecule has 4 atom stereocenters. The van der Waals surface area contributed by atoms with Gasteiger partial charge in [0, 0.05) is 5.56 Å². The molecule has 2 aliphatic carbocycles. The lowest BCUT2D eigenvalue weighted by atomic mass is 9.79. The smallest absolute Gasteiger partial charge is 0.132 e. The number of nitrogens with zero attached hydrogens (tertiary/aromatic N) is 2. The first-order chi connectivity index (χ1) is 18.6. The van der Waals surface area contributed by atoms with Crippen LogP contribution in [-0.2, 0) is 5.41 Å². The Labute approximate surface area is 227 Å². The lowest BCUT2D eigenvalue weighted by Crippen LogP contribution is -2.15. The summed E-state index contributed by atoms with van der Waals surface area (Å²) in [6, 6.07) is 17.7. The Hall–Kier alpha value is -3.38. The summed E-state index contributed by atoms with van der Waals surface area (Å²) < 4.78 is 57.0. The number of hydrogen-bond acceptors (Lipinski definition) is 2. The molecule has 5 rings (SSSR count). The minimum Gasteiger partial charge on any atom is -0.244 e. The highest BCUT2D eigenvalue weighted by Gasteiger charge is 2.38. The highest BCUT2D eigenvalue weighted by molar-refractivity contribution is 6.01. The van der Waals surface area contributed by atoms with Gasteiger partial charge in [-0.3, -0.25) is 0 Å². The van der Waals surface area contributed by atoms with Crippen LogP contribution in [0.5, 0.6) is 0 Å². The van der Waals surface area contributed by atoms with Crippen molar-refractivity contribution in [1.82, 2.24) is 0 Å². The maximum atomic E-state index is 14.2. The molecule has 0 aromatic heterocycles. The summed E-state index contributed by atoms with van der Waals surface area (Å²) in [5.41, 5.74) is 4.00. The maximum absolute atomic E-state index is 14.2. The molecule has 0 spiro atoms. The maximum Gasteiger partial charge on any atom is 0.132 e. The average molecular weight is 533 g/mol. The van der Waals surface area contributed by atoms with Crippen LogP contribution in [0.25, 0.3) is 21.9 Å². The minimum absolute atomic E-state index is 0.0329. The molecule has 0 saturated heterocycles. The standard InChI is InChI=1S/C33H32F4N2/c1-4-33(2,3)25-6-5-18-7-24(16-38)27(17-39)32(26(18)15-25)23-9-19(21-11-28(34)29(35)12-21)8-20(10-23)22-13-30(36)31(37)14-22/h5-10,15,21-22,28-31H,4,11-14H2,1-3H3. The fourth-order valence-corrected chi connectivity index (χ4v) is 6.23. The topological polar surface area (TPSA) is 47.6 Å². The Balaban J connectivity index is 1.79. The molecule has 39 heavy (non-hydrogen) atoms. The van der Waals surface area contributed by atoms with E-state index in [1.54, 1.807) is 6.07 Å². The molecular formula is C33H32F4N2. The molecule has 4 unspecified atom stereocenters. The Kier molecular flexibility index (Phi) is 7.19. The molecular weight excluding hydrogens is 500 g/mol. The van der Waals surface area contributed by atoms with Gasteiger partial charge in [-0.2, -0.15) is 10.5 Å². The van der Waals surface area contributed by atoms with Gasteiger partial charge in [-0.05, 0) is 94.5 Å². The van der Waals surface area contributed by atoms with Crippen LogP contribution >= 0.6 is 0 Å². The van der Waals surface area contributed by atoms with Gasteiger partial charge in [0.25, 0.3) is 0 Å². The van der Waals surface area contributed by atoms with E-state index in [1.165, 1.54) is 0 Å². The van der Waals surface area contributed by atoms with Crippen LogP contribution in [-0.4, -0.2) is 24.7 Å². The van der Waals surface area contributed by atoms with E-state index in [0.29, 0.717) is 22.3 Å². The van der Waals surface area contributed by atoms with Crippen LogP contribution in [0, 0.1) is 22.7 Å². The lowest BCUT2D eigenvalue weighted by molar-refractivity contribution is 0.199. The van der Waals surface area contributed by atoms with Crippen LogP contribution in [0.2, 0.25) is 0 Å². The normalized spacial score (nSPS) is 27.0. The summed E-state index contributed by atoms with van der Waals surface area (Å²) in [4.78, 5) is 0. The van der Waals surface area contributed by atoms with Crippen molar-refractivity contribution in [3.05, 3.63) is 70.3 Å². The molecule has 3 aromatic carbocycles. The molecule has 0 N–H and O–H groups in total. The van der Waals surface area contributed by atoms with Crippen molar-refractivity contribution in [2.75, 3.05) is 0 Å². The molecule has 2 fully saturated rings. The number of rotatable bonds is 5. The highest BCUT2D eigenvalue weighted by atomic mass is 19.2. The molecule has 0 aliphatic heterocycles. The Morgan fingerprint density at radius 3 is 1.77 bits per heavy atom. The second-order valence-electron chi connectivity index (χ2n) is 11.9. The first kappa shape index (κ1) is 27.2. The number of halogens is 4. The zero-order valence-electron chi connectivity index (χ0n) is 22.4. The van der Waals surface area contributed by atoms with E-state index < -0.39 is 24.7 Å². The first-order valence-electron chi connectivity index (χ1n) is 13.7. The van der Waals surface area contributed by atoms with Crippen LogP contribution in [0.1, 0.15) is 92.5 Å². The number of hydrogen-bond donors (Lipinski definition) is 0. The van der Waals surface area contributed by atoms with Crippen molar-refractivity contribution in [3.63, 3.8) is 0 Å². The molecule has 0 amide bonds. The largest absolute Gasteiger partial charge is 0.244 e. The Morgan fingerprint density at radius 2 is 1.31 bits per heavy atom. The van der Waals surface area contributed by atoms with Gasteiger partial charge >= 0.3 is 0 Å². The third-order valence-electron chi connectivity index (χ3n) is 9.07.